The predicted octanol–water partition coefficient (Wildman–Crippen LogP) is 4.37. The first kappa shape index (κ1) is 13.5. The van der Waals surface area contributed by atoms with E-state index in [1.165, 1.54) is 5.56 Å². The summed E-state index contributed by atoms with van der Waals surface area (Å²) in [5, 5.41) is 8.94. The highest BCUT2D eigenvalue weighted by atomic mass is 35.5. The van der Waals surface area contributed by atoms with Gasteiger partial charge in [-0.1, -0.05) is 12.1 Å². The fraction of sp³-hybridized carbons (Fsp3) is 0.188. The fourth-order valence-electron chi connectivity index (χ4n) is 1.97. The Hall–Kier alpha value is -1.98. The van der Waals surface area contributed by atoms with Crippen LogP contribution in [0.4, 0.5) is 11.4 Å². The molecule has 0 bridgehead atoms. The topological polar surface area (TPSA) is 27.0 Å². The van der Waals surface area contributed by atoms with Crippen molar-refractivity contribution in [2.24, 2.45) is 0 Å². The Labute approximate surface area is 118 Å². The lowest BCUT2D eigenvalue weighted by atomic mass is 10.1. The largest absolute Gasteiger partial charge is 0.345 e. The van der Waals surface area contributed by atoms with Crippen molar-refractivity contribution in [3.8, 4) is 6.07 Å². The minimum Gasteiger partial charge on any atom is -0.345 e. The van der Waals surface area contributed by atoms with Gasteiger partial charge in [0.25, 0.3) is 0 Å². The summed E-state index contributed by atoms with van der Waals surface area (Å²) in [7, 11) is 1.99. The number of hydrogen-bond donors (Lipinski definition) is 0. The van der Waals surface area contributed by atoms with E-state index in [9.17, 15) is 0 Å². The molecule has 0 spiro atoms. The maximum absolute atomic E-state index is 8.94. The lowest BCUT2D eigenvalue weighted by Gasteiger charge is -2.20. The zero-order valence-electron chi connectivity index (χ0n) is 11.0. The lowest BCUT2D eigenvalue weighted by Crippen LogP contribution is -2.09. The first-order chi connectivity index (χ1) is 9.15. The highest BCUT2D eigenvalue weighted by Gasteiger charge is 2.06. The summed E-state index contributed by atoms with van der Waals surface area (Å²) in [5.74, 6) is 0.528. The van der Waals surface area contributed by atoms with Gasteiger partial charge >= 0.3 is 0 Å². The van der Waals surface area contributed by atoms with Crippen LogP contribution in [0.25, 0.3) is 0 Å². The molecule has 2 aromatic rings. The summed E-state index contributed by atoms with van der Waals surface area (Å²) in [4.78, 5) is 2.06. The number of hydrogen-bond acceptors (Lipinski definition) is 2. The average molecular weight is 271 g/mol. The van der Waals surface area contributed by atoms with Crippen molar-refractivity contribution < 1.29 is 0 Å². The molecule has 0 aliphatic rings. The van der Waals surface area contributed by atoms with Crippen LogP contribution < -0.4 is 4.90 Å². The second-order valence-corrected chi connectivity index (χ2v) is 4.73. The van der Waals surface area contributed by atoms with Gasteiger partial charge in [-0.05, 0) is 48.4 Å². The van der Waals surface area contributed by atoms with Crippen molar-refractivity contribution in [1.29, 1.82) is 5.26 Å². The number of anilines is 2. The summed E-state index contributed by atoms with van der Waals surface area (Å²) >= 11 is 5.87. The third-order valence-corrected chi connectivity index (χ3v) is 3.51. The van der Waals surface area contributed by atoms with E-state index in [4.69, 9.17) is 16.9 Å². The summed E-state index contributed by atoms with van der Waals surface area (Å²) in [5.41, 5.74) is 5.07. The number of rotatable bonds is 3. The van der Waals surface area contributed by atoms with Gasteiger partial charge in [0.2, 0.25) is 0 Å². The van der Waals surface area contributed by atoms with Crippen LogP contribution in [0.15, 0.2) is 42.5 Å². The van der Waals surface area contributed by atoms with Crippen LogP contribution in [-0.2, 0) is 5.88 Å². The van der Waals surface area contributed by atoms with Gasteiger partial charge in [-0.2, -0.15) is 5.26 Å². The maximum atomic E-state index is 8.94. The van der Waals surface area contributed by atoms with Crippen LogP contribution in [0.2, 0.25) is 0 Å². The van der Waals surface area contributed by atoms with E-state index in [0.717, 1.165) is 16.9 Å². The summed E-state index contributed by atoms with van der Waals surface area (Å²) < 4.78 is 0. The second kappa shape index (κ2) is 5.77. The molecule has 0 aliphatic heterocycles. The molecule has 3 heteroatoms. The van der Waals surface area contributed by atoms with E-state index in [0.29, 0.717) is 11.4 Å². The van der Waals surface area contributed by atoms with Crippen LogP contribution in [-0.4, -0.2) is 7.05 Å². The Bertz CT molecular complexity index is 629. The molecule has 19 heavy (non-hydrogen) atoms. The quantitative estimate of drug-likeness (QED) is 0.774. The first-order valence-corrected chi connectivity index (χ1v) is 6.58. The number of aryl methyl sites for hydroxylation is 1. The Balaban J connectivity index is 2.36. The maximum Gasteiger partial charge on any atom is 0.0992 e. The van der Waals surface area contributed by atoms with E-state index in [1.807, 2.05) is 37.4 Å². The molecule has 2 nitrogen and oxygen atoms in total. The van der Waals surface area contributed by atoms with E-state index >= 15 is 0 Å². The van der Waals surface area contributed by atoms with Gasteiger partial charge in [-0.3, -0.25) is 0 Å². The van der Waals surface area contributed by atoms with Crippen LogP contribution in [0.3, 0.4) is 0 Å². The Morgan fingerprint density at radius 1 is 1.16 bits per heavy atom. The SMILES string of the molecule is Cc1cc(N(C)c2cccc(C#N)c2)ccc1CCl. The van der Waals surface area contributed by atoms with E-state index in [2.05, 4.69) is 24.0 Å². The zero-order valence-corrected chi connectivity index (χ0v) is 11.8. The van der Waals surface area contributed by atoms with E-state index in [-0.39, 0.29) is 0 Å². The minimum atomic E-state index is 0.528. The van der Waals surface area contributed by atoms with Crippen LogP contribution in [0.1, 0.15) is 16.7 Å². The number of halogens is 1. The van der Waals surface area contributed by atoms with Crippen LogP contribution in [0, 0.1) is 18.3 Å². The molecule has 0 heterocycles. The molecule has 0 fully saturated rings. The molecular weight excluding hydrogens is 256 g/mol. The molecule has 0 saturated carbocycles. The monoisotopic (exact) mass is 270 g/mol. The highest BCUT2D eigenvalue weighted by Crippen LogP contribution is 2.26. The molecule has 2 aromatic carbocycles. The first-order valence-electron chi connectivity index (χ1n) is 6.05. The molecule has 0 radical (unpaired) electrons. The zero-order chi connectivity index (χ0) is 13.8. The van der Waals surface area contributed by atoms with Gasteiger partial charge in [0.05, 0.1) is 11.6 Å². The summed E-state index contributed by atoms with van der Waals surface area (Å²) in [6, 6.07) is 15.9. The Kier molecular flexibility index (Phi) is 4.09. The molecule has 0 amide bonds. The minimum absolute atomic E-state index is 0.528. The smallest absolute Gasteiger partial charge is 0.0992 e. The van der Waals surface area contributed by atoms with Crippen molar-refractivity contribution in [1.82, 2.24) is 0 Å². The molecule has 0 aromatic heterocycles. The number of nitrogens with zero attached hydrogens (tertiary/aromatic N) is 2. The van der Waals surface area contributed by atoms with Crippen LogP contribution in [0.5, 0.6) is 0 Å². The fourth-order valence-corrected chi connectivity index (χ4v) is 2.27. The molecule has 0 N–H and O–H groups in total. The Morgan fingerprint density at radius 3 is 2.53 bits per heavy atom. The van der Waals surface area contributed by atoms with Gasteiger partial charge in [0.1, 0.15) is 0 Å². The van der Waals surface area contributed by atoms with E-state index in [1.54, 1.807) is 6.07 Å². The van der Waals surface area contributed by atoms with Crippen molar-refractivity contribution in [3.05, 3.63) is 59.2 Å². The van der Waals surface area contributed by atoms with E-state index < -0.39 is 0 Å². The normalized spacial score (nSPS) is 10.0. The third kappa shape index (κ3) is 2.89. The highest BCUT2D eigenvalue weighted by molar-refractivity contribution is 6.17. The molecule has 96 valence electrons. The molecule has 0 atom stereocenters. The number of nitriles is 1. The van der Waals surface area contributed by atoms with Gasteiger partial charge in [-0.15, -0.1) is 11.6 Å². The predicted molar refractivity (Wildman–Crippen MR) is 80.0 cm³/mol. The average Bonchev–Trinajstić information content (AvgIpc) is 2.46. The third-order valence-electron chi connectivity index (χ3n) is 3.22. The molecule has 0 aliphatic carbocycles. The standard InChI is InChI=1S/C16H15ClN2/c1-12-8-16(7-6-14(12)10-17)19(2)15-5-3-4-13(9-15)11-18/h3-9H,10H2,1-2H3. The lowest BCUT2D eigenvalue weighted by molar-refractivity contribution is 1.18. The van der Waals surface area contributed by atoms with Crippen molar-refractivity contribution in [2.45, 2.75) is 12.8 Å². The second-order valence-electron chi connectivity index (χ2n) is 4.47. The van der Waals surface area contributed by atoms with Gasteiger partial charge < -0.3 is 4.90 Å². The Morgan fingerprint density at radius 2 is 1.89 bits per heavy atom. The molecule has 0 unspecified atom stereocenters. The molecule has 2 rings (SSSR count). The number of alkyl halides is 1. The van der Waals surface area contributed by atoms with Crippen LogP contribution >= 0.6 is 11.6 Å². The summed E-state index contributed by atoms with van der Waals surface area (Å²) in [6.45, 7) is 2.06. The van der Waals surface area contributed by atoms with Gasteiger partial charge in [0.15, 0.2) is 0 Å². The van der Waals surface area contributed by atoms with Gasteiger partial charge in [-0.25, -0.2) is 0 Å². The van der Waals surface area contributed by atoms with Crippen molar-refractivity contribution in [3.63, 3.8) is 0 Å². The molecular formula is C16H15ClN2. The number of benzene rings is 2. The molecule has 0 saturated heterocycles. The van der Waals surface area contributed by atoms with Crippen molar-refractivity contribution in [2.75, 3.05) is 11.9 Å². The summed E-state index contributed by atoms with van der Waals surface area (Å²) in [6.07, 6.45) is 0. The van der Waals surface area contributed by atoms with Gasteiger partial charge in [0, 0.05) is 24.3 Å². The van der Waals surface area contributed by atoms with Crippen molar-refractivity contribution >= 4 is 23.0 Å².